The molecule has 0 unspecified atom stereocenters. The zero-order valence-electron chi connectivity index (χ0n) is 23.8. The third-order valence-electron chi connectivity index (χ3n) is 7.34. The quantitative estimate of drug-likeness (QED) is 0.276. The Morgan fingerprint density at radius 1 is 1.24 bits per heavy atom. The van der Waals surface area contributed by atoms with Crippen LogP contribution < -0.4 is 5.32 Å². The molecule has 41 heavy (non-hydrogen) atoms. The highest BCUT2D eigenvalue weighted by atomic mass is 19.3. The Hall–Kier alpha value is -4.17. The lowest BCUT2D eigenvalue weighted by molar-refractivity contribution is 0.0131. The van der Waals surface area contributed by atoms with Crippen LogP contribution >= 0.6 is 0 Å². The molecule has 5 nitrogen and oxygen atoms in total. The molecule has 0 aromatic carbocycles. The lowest BCUT2D eigenvalue weighted by Gasteiger charge is -2.17. The highest BCUT2D eigenvalue weighted by Gasteiger charge is 2.38. The molecular formula is C33H36F3N5. The number of hydrogen-bond acceptors (Lipinski definition) is 4. The van der Waals surface area contributed by atoms with Crippen LogP contribution in [-0.2, 0) is 0 Å². The van der Waals surface area contributed by atoms with Gasteiger partial charge in [0.05, 0.1) is 29.3 Å². The summed E-state index contributed by atoms with van der Waals surface area (Å²) in [7, 11) is 0. The Kier molecular flexibility index (Phi) is 9.13. The topological polar surface area (TPSA) is 56.8 Å². The number of hydrogen-bond donors (Lipinski definition) is 2. The van der Waals surface area contributed by atoms with Crippen molar-refractivity contribution in [3.05, 3.63) is 120 Å². The Morgan fingerprint density at radius 3 is 2.63 bits per heavy atom. The Labute approximate surface area is 239 Å². The van der Waals surface area contributed by atoms with Gasteiger partial charge in [0.25, 0.3) is 5.92 Å². The van der Waals surface area contributed by atoms with Gasteiger partial charge in [0.2, 0.25) is 0 Å². The van der Waals surface area contributed by atoms with E-state index in [0.717, 1.165) is 28.8 Å². The molecular weight excluding hydrogens is 523 g/mol. The first kappa shape index (κ1) is 29.8. The summed E-state index contributed by atoms with van der Waals surface area (Å²) in [5.74, 6) is -3.25. The number of nitrogens with zero attached hydrogens (tertiary/aromatic N) is 3. The summed E-state index contributed by atoms with van der Waals surface area (Å²) in [4.78, 5) is 6.02. The zero-order chi connectivity index (χ0) is 29.7. The Bertz CT molecular complexity index is 1560. The van der Waals surface area contributed by atoms with Gasteiger partial charge in [0.1, 0.15) is 11.4 Å². The van der Waals surface area contributed by atoms with Gasteiger partial charge in [-0.25, -0.2) is 13.2 Å². The number of fused-ring (bicyclic) bond motifs is 1. The number of rotatable bonds is 11. The van der Waals surface area contributed by atoms with Crippen LogP contribution in [0.25, 0.3) is 22.2 Å². The molecule has 2 aliphatic rings. The maximum absolute atomic E-state index is 16.1. The monoisotopic (exact) mass is 559 g/mol. The van der Waals surface area contributed by atoms with Crippen LogP contribution in [0, 0.1) is 5.82 Å². The predicted molar refractivity (Wildman–Crippen MR) is 162 cm³/mol. The SMILES string of the molecule is C=C/C=C(C1=CCC=C1)\C(C)=C(/C)NC(=C)c1n[nH]c2cnc(C(/C=C(\C=C)CN3CCC(F)(F)C3)=C/C)c(F)c12. The number of halogens is 3. The van der Waals surface area contributed by atoms with E-state index in [1.807, 2.05) is 19.9 Å². The molecule has 214 valence electrons. The second-order valence-corrected chi connectivity index (χ2v) is 10.2. The highest BCUT2D eigenvalue weighted by Crippen LogP contribution is 2.32. The standard InChI is InChI=1S/C33H36F3N5/c1-7-12-27(26-13-10-11-14-26)21(4)22(5)38-23(6)31-29-28(39-40-31)18-37-32(30(29)34)25(9-3)17-24(8-2)19-41-16-15-33(35,36)20-41/h7-10,12-14,17-18,38H,1-2,6,11,15-16,19-20H2,3-5H3,(H,39,40)/b22-21+,24-17+,25-9+,27-12+. The van der Waals surface area contributed by atoms with Crippen molar-refractivity contribution in [3.8, 4) is 0 Å². The minimum Gasteiger partial charge on any atom is -0.358 e. The van der Waals surface area contributed by atoms with E-state index < -0.39 is 11.7 Å². The van der Waals surface area contributed by atoms with E-state index in [1.54, 1.807) is 36.1 Å². The van der Waals surface area contributed by atoms with Crippen molar-refractivity contribution < 1.29 is 13.2 Å². The number of nitrogens with one attached hydrogen (secondary N) is 2. The van der Waals surface area contributed by atoms with Crippen LogP contribution in [-0.4, -0.2) is 45.6 Å². The average molecular weight is 560 g/mol. The first-order valence-corrected chi connectivity index (χ1v) is 13.5. The number of pyridine rings is 1. The molecule has 0 radical (unpaired) electrons. The van der Waals surface area contributed by atoms with Crippen molar-refractivity contribution in [3.63, 3.8) is 0 Å². The number of aromatic amines is 1. The van der Waals surface area contributed by atoms with E-state index in [0.29, 0.717) is 34.6 Å². The molecule has 0 spiro atoms. The summed E-state index contributed by atoms with van der Waals surface area (Å²) < 4.78 is 43.5. The van der Waals surface area contributed by atoms with Crippen LogP contribution in [0.4, 0.5) is 13.2 Å². The van der Waals surface area contributed by atoms with Crippen LogP contribution in [0.2, 0.25) is 0 Å². The summed E-state index contributed by atoms with van der Waals surface area (Å²) >= 11 is 0. The van der Waals surface area contributed by atoms with Crippen LogP contribution in [0.15, 0.2) is 103 Å². The van der Waals surface area contributed by atoms with Gasteiger partial charge in [-0.3, -0.25) is 15.0 Å². The maximum atomic E-state index is 16.1. The fourth-order valence-electron chi connectivity index (χ4n) is 5.05. The largest absolute Gasteiger partial charge is 0.358 e. The second kappa shape index (κ2) is 12.6. The molecule has 3 heterocycles. The number of H-pyrrole nitrogens is 1. The normalized spacial score (nSPS) is 18.5. The van der Waals surface area contributed by atoms with E-state index in [4.69, 9.17) is 0 Å². The van der Waals surface area contributed by atoms with Crippen molar-refractivity contribution >= 4 is 22.2 Å². The lowest BCUT2D eigenvalue weighted by Crippen LogP contribution is -2.26. The van der Waals surface area contributed by atoms with Crippen LogP contribution in [0.5, 0.6) is 0 Å². The number of aromatic nitrogens is 3. The third-order valence-corrected chi connectivity index (χ3v) is 7.34. The van der Waals surface area contributed by atoms with Gasteiger partial charge in [0.15, 0.2) is 5.82 Å². The fourth-order valence-corrected chi connectivity index (χ4v) is 5.05. The van der Waals surface area contributed by atoms with Gasteiger partial charge in [0, 0.05) is 25.2 Å². The molecule has 1 saturated heterocycles. The molecule has 0 saturated carbocycles. The van der Waals surface area contributed by atoms with Gasteiger partial charge in [-0.2, -0.15) is 5.10 Å². The molecule has 0 amide bonds. The maximum Gasteiger partial charge on any atom is 0.261 e. The smallest absolute Gasteiger partial charge is 0.261 e. The third kappa shape index (κ3) is 6.60. The van der Waals surface area contributed by atoms with E-state index >= 15 is 4.39 Å². The van der Waals surface area contributed by atoms with Crippen molar-refractivity contribution in [1.29, 1.82) is 0 Å². The average Bonchev–Trinajstić information content (AvgIpc) is 3.70. The number of alkyl halides is 2. The predicted octanol–water partition coefficient (Wildman–Crippen LogP) is 7.81. The Balaban J connectivity index is 1.63. The van der Waals surface area contributed by atoms with Crippen molar-refractivity contribution in [2.45, 2.75) is 39.5 Å². The van der Waals surface area contributed by atoms with Crippen molar-refractivity contribution in [1.82, 2.24) is 25.4 Å². The van der Waals surface area contributed by atoms with E-state index in [1.165, 1.54) is 6.20 Å². The summed E-state index contributed by atoms with van der Waals surface area (Å²) in [5.41, 5.74) is 6.53. The first-order valence-electron chi connectivity index (χ1n) is 13.5. The molecule has 2 aromatic heterocycles. The van der Waals surface area contributed by atoms with E-state index in [9.17, 15) is 8.78 Å². The fraction of sp³-hybridized carbons (Fsp3) is 0.273. The van der Waals surface area contributed by atoms with Crippen molar-refractivity contribution in [2.75, 3.05) is 19.6 Å². The zero-order valence-corrected chi connectivity index (χ0v) is 23.8. The summed E-state index contributed by atoms with van der Waals surface area (Å²) in [5, 5.41) is 10.7. The first-order chi connectivity index (χ1) is 19.6. The molecule has 8 heteroatoms. The molecule has 4 rings (SSSR count). The molecule has 1 aliphatic carbocycles. The lowest BCUT2D eigenvalue weighted by atomic mass is 9.97. The Morgan fingerprint density at radius 2 is 2.02 bits per heavy atom. The van der Waals surface area contributed by atoms with E-state index in [-0.39, 0.29) is 30.6 Å². The molecule has 2 aromatic rings. The number of allylic oxidation sites excluding steroid dienone is 12. The van der Waals surface area contributed by atoms with Crippen molar-refractivity contribution in [2.24, 2.45) is 0 Å². The van der Waals surface area contributed by atoms with Crippen LogP contribution in [0.1, 0.15) is 45.0 Å². The summed E-state index contributed by atoms with van der Waals surface area (Å²) in [6.07, 6.45) is 17.4. The van der Waals surface area contributed by atoms with E-state index in [2.05, 4.69) is 58.5 Å². The minimum absolute atomic E-state index is 0.126. The molecule has 2 N–H and O–H groups in total. The summed E-state index contributed by atoms with van der Waals surface area (Å²) in [6.45, 7) is 17.8. The molecule has 0 atom stereocenters. The molecule has 0 bridgehead atoms. The minimum atomic E-state index is -2.69. The van der Waals surface area contributed by atoms with Gasteiger partial charge < -0.3 is 5.32 Å². The number of likely N-dealkylation sites (tertiary alicyclic amines) is 1. The van der Waals surface area contributed by atoms with Gasteiger partial charge in [-0.05, 0) is 61.1 Å². The highest BCUT2D eigenvalue weighted by molar-refractivity contribution is 5.92. The molecule has 1 fully saturated rings. The van der Waals surface area contributed by atoms with Gasteiger partial charge >= 0.3 is 0 Å². The van der Waals surface area contributed by atoms with Gasteiger partial charge in [-0.1, -0.05) is 62.3 Å². The second-order valence-electron chi connectivity index (χ2n) is 10.2. The van der Waals surface area contributed by atoms with Crippen LogP contribution in [0.3, 0.4) is 0 Å². The van der Waals surface area contributed by atoms with Gasteiger partial charge in [-0.15, -0.1) is 0 Å². The molecule has 1 aliphatic heterocycles. The summed E-state index contributed by atoms with van der Waals surface area (Å²) in [6, 6.07) is 0.